The average molecular weight is 700 g/mol. The number of halogens is 9. The molecule has 1 aromatic heterocycles. The van der Waals surface area contributed by atoms with Gasteiger partial charge in [-0.25, -0.2) is 0 Å². The molecule has 50 heavy (non-hydrogen) atoms. The van der Waals surface area contributed by atoms with Crippen LogP contribution in [-0.4, -0.2) is 17.3 Å². The minimum atomic E-state index is -5.38. The molecule has 1 saturated carbocycles. The van der Waals surface area contributed by atoms with Gasteiger partial charge in [0.1, 0.15) is 0 Å². The summed E-state index contributed by atoms with van der Waals surface area (Å²) in [5.41, 5.74) is -0.324. The summed E-state index contributed by atoms with van der Waals surface area (Å²) in [6.45, 7) is 6.23. The highest BCUT2D eigenvalue weighted by Crippen LogP contribution is 2.60. The van der Waals surface area contributed by atoms with E-state index in [4.69, 9.17) is 0 Å². The van der Waals surface area contributed by atoms with Crippen LogP contribution in [0.3, 0.4) is 0 Å². The smallest absolute Gasteiger partial charge is 0.256 e. The fourth-order valence-electron chi connectivity index (χ4n) is 7.12. The van der Waals surface area contributed by atoms with Gasteiger partial charge in [-0.2, -0.15) is 39.5 Å². The van der Waals surface area contributed by atoms with E-state index in [1.54, 1.807) is 48.5 Å². The Hall–Kier alpha value is -4.34. The zero-order valence-electron chi connectivity index (χ0n) is 27.5. The molecule has 1 aliphatic carbocycles. The summed E-state index contributed by atoms with van der Waals surface area (Å²) in [5.74, 6) is -0.451. The highest BCUT2D eigenvalue weighted by Gasteiger charge is 2.70. The molecule has 5 aromatic rings. The summed E-state index contributed by atoms with van der Waals surface area (Å²) in [6.07, 6.45) is -17.1. The Morgan fingerprint density at radius 2 is 1.14 bits per heavy atom. The van der Waals surface area contributed by atoms with Crippen LogP contribution in [0.15, 0.2) is 97.2 Å². The van der Waals surface area contributed by atoms with Gasteiger partial charge in [-0.15, -0.1) is 0 Å². The van der Waals surface area contributed by atoms with Gasteiger partial charge in [0.05, 0.1) is 11.3 Å². The molecule has 1 aliphatic rings. The second-order valence-electron chi connectivity index (χ2n) is 14.2. The van der Waals surface area contributed by atoms with Crippen LogP contribution in [0, 0.1) is 5.41 Å². The van der Waals surface area contributed by atoms with E-state index in [2.05, 4.69) is 25.8 Å². The average Bonchev–Trinajstić information content (AvgIpc) is 3.06. The van der Waals surface area contributed by atoms with Crippen molar-refractivity contribution in [1.82, 2.24) is 4.98 Å². The van der Waals surface area contributed by atoms with Crippen molar-refractivity contribution < 1.29 is 39.5 Å². The quantitative estimate of drug-likeness (QED) is 0.170. The van der Waals surface area contributed by atoms with Crippen LogP contribution in [-0.2, 0) is 11.6 Å². The minimum absolute atomic E-state index is 0.0269. The molecule has 0 bridgehead atoms. The third-order valence-electron chi connectivity index (χ3n) is 10.0. The Kier molecular flexibility index (Phi) is 8.84. The van der Waals surface area contributed by atoms with E-state index in [0.717, 1.165) is 22.5 Å². The molecular formula is C40H34F9N. The fraction of sp³-hybridized carbons (Fsp3) is 0.325. The van der Waals surface area contributed by atoms with Gasteiger partial charge in [-0.05, 0) is 99.4 Å². The molecule has 1 fully saturated rings. The molecule has 1 nitrogen and oxygen atoms in total. The van der Waals surface area contributed by atoms with E-state index < -0.39 is 48.3 Å². The van der Waals surface area contributed by atoms with Crippen LogP contribution in [0.2, 0.25) is 0 Å². The number of pyridine rings is 1. The molecule has 4 aromatic carbocycles. The molecular weight excluding hydrogens is 665 g/mol. The first-order valence-corrected chi connectivity index (χ1v) is 16.2. The molecule has 0 aliphatic heterocycles. The predicted octanol–water partition coefficient (Wildman–Crippen LogP) is 13.3. The molecule has 6 rings (SSSR count). The number of benzene rings is 4. The van der Waals surface area contributed by atoms with Crippen molar-refractivity contribution >= 4 is 10.8 Å². The van der Waals surface area contributed by atoms with Crippen molar-refractivity contribution in [3.05, 3.63) is 114 Å². The summed E-state index contributed by atoms with van der Waals surface area (Å²) in [6, 6.07) is 26.6. The SMILES string of the molecule is CC(C)(C)c1cc(-c2cc(-c3ccc(-c4ccc(C5CCC(C(F)(F)F)(C(F)(F)F)CC5)cc4)cc3)c(C(F)(F)F)cn2)cc2ccccc12. The largest absolute Gasteiger partial charge is 0.418 e. The lowest BCUT2D eigenvalue weighted by molar-refractivity contribution is -0.350. The summed E-state index contributed by atoms with van der Waals surface area (Å²) < 4.78 is 124. The molecule has 10 heteroatoms. The molecule has 262 valence electrons. The molecule has 0 atom stereocenters. The van der Waals surface area contributed by atoms with E-state index in [0.29, 0.717) is 33.5 Å². The lowest BCUT2D eigenvalue weighted by atomic mass is 9.68. The third-order valence-corrected chi connectivity index (χ3v) is 10.0. The van der Waals surface area contributed by atoms with Crippen LogP contribution < -0.4 is 0 Å². The molecule has 0 unspecified atom stereocenters. The van der Waals surface area contributed by atoms with Gasteiger partial charge in [0.2, 0.25) is 0 Å². The van der Waals surface area contributed by atoms with Gasteiger partial charge in [-0.3, -0.25) is 4.98 Å². The Bertz CT molecular complexity index is 1970. The second kappa shape index (κ2) is 12.5. The number of hydrogen-bond acceptors (Lipinski definition) is 1. The minimum Gasteiger partial charge on any atom is -0.256 e. The molecule has 0 spiro atoms. The summed E-state index contributed by atoms with van der Waals surface area (Å²) >= 11 is 0. The lowest BCUT2D eigenvalue weighted by Gasteiger charge is -2.42. The van der Waals surface area contributed by atoms with Crippen LogP contribution in [0.5, 0.6) is 0 Å². The Balaban J connectivity index is 1.28. The third kappa shape index (κ3) is 6.61. The molecule has 0 saturated heterocycles. The summed E-state index contributed by atoms with van der Waals surface area (Å²) in [4.78, 5) is 4.24. The predicted molar refractivity (Wildman–Crippen MR) is 178 cm³/mol. The van der Waals surface area contributed by atoms with Gasteiger partial charge >= 0.3 is 18.5 Å². The van der Waals surface area contributed by atoms with Gasteiger partial charge in [-0.1, -0.05) is 93.6 Å². The first-order valence-electron chi connectivity index (χ1n) is 16.2. The van der Waals surface area contributed by atoms with Crippen molar-refractivity contribution in [3.63, 3.8) is 0 Å². The van der Waals surface area contributed by atoms with E-state index in [1.165, 1.54) is 6.07 Å². The van der Waals surface area contributed by atoms with Crippen LogP contribution in [0.1, 0.15) is 69.1 Å². The van der Waals surface area contributed by atoms with E-state index in [1.807, 2.05) is 36.4 Å². The number of fused-ring (bicyclic) bond motifs is 1. The van der Waals surface area contributed by atoms with Crippen molar-refractivity contribution in [2.75, 3.05) is 0 Å². The molecule has 0 amide bonds. The first-order chi connectivity index (χ1) is 23.3. The van der Waals surface area contributed by atoms with Gasteiger partial charge in [0, 0.05) is 11.8 Å². The Morgan fingerprint density at radius 1 is 0.600 bits per heavy atom. The topological polar surface area (TPSA) is 12.9 Å². The van der Waals surface area contributed by atoms with Crippen molar-refractivity contribution in [2.24, 2.45) is 5.41 Å². The summed E-state index contributed by atoms with van der Waals surface area (Å²) in [7, 11) is 0. The van der Waals surface area contributed by atoms with Gasteiger partial charge in [0.15, 0.2) is 5.41 Å². The maximum Gasteiger partial charge on any atom is 0.418 e. The number of aromatic nitrogens is 1. The number of nitrogens with zero attached hydrogens (tertiary/aromatic N) is 1. The maximum atomic E-state index is 14.2. The van der Waals surface area contributed by atoms with Crippen molar-refractivity contribution in [2.45, 2.75) is 76.3 Å². The normalized spacial score (nSPS) is 16.2. The molecule has 0 radical (unpaired) electrons. The van der Waals surface area contributed by atoms with Crippen molar-refractivity contribution in [3.8, 4) is 33.5 Å². The zero-order valence-corrected chi connectivity index (χ0v) is 27.5. The Labute approximate surface area is 284 Å². The zero-order chi connectivity index (χ0) is 36.3. The molecule has 0 N–H and O–H groups in total. The van der Waals surface area contributed by atoms with Crippen molar-refractivity contribution in [1.29, 1.82) is 0 Å². The summed E-state index contributed by atoms with van der Waals surface area (Å²) in [5, 5.41) is 2.01. The lowest BCUT2D eigenvalue weighted by Crippen LogP contribution is -2.51. The highest BCUT2D eigenvalue weighted by atomic mass is 19.4. The Morgan fingerprint density at radius 3 is 1.68 bits per heavy atom. The van der Waals surface area contributed by atoms with Crippen LogP contribution >= 0.6 is 0 Å². The van der Waals surface area contributed by atoms with Gasteiger partial charge < -0.3 is 0 Å². The van der Waals surface area contributed by atoms with Crippen LogP contribution in [0.25, 0.3) is 44.3 Å². The van der Waals surface area contributed by atoms with E-state index in [-0.39, 0.29) is 23.8 Å². The van der Waals surface area contributed by atoms with Crippen LogP contribution in [0.4, 0.5) is 39.5 Å². The van der Waals surface area contributed by atoms with E-state index in [9.17, 15) is 39.5 Å². The number of alkyl halides is 9. The monoisotopic (exact) mass is 699 g/mol. The number of hydrogen-bond donors (Lipinski definition) is 0. The van der Waals surface area contributed by atoms with Gasteiger partial charge in [0.25, 0.3) is 0 Å². The first kappa shape index (κ1) is 35.5. The van der Waals surface area contributed by atoms with E-state index >= 15 is 0 Å². The molecule has 1 heterocycles. The highest BCUT2D eigenvalue weighted by molar-refractivity contribution is 5.91. The number of rotatable bonds is 4. The second-order valence-corrected chi connectivity index (χ2v) is 14.2. The fourth-order valence-corrected chi connectivity index (χ4v) is 7.12. The maximum absolute atomic E-state index is 14.2. The standard InChI is InChI=1S/C40H34F9N/c1-36(2,3)33-21-30(20-29-6-4-5-7-31(29)33)35-22-32(34(23-50-35)38(41,42)43)28-14-12-25(13-15-28)24-8-10-26(11-9-24)27-16-18-37(19-17-27,39(44,45)46)40(47,48)49/h4-15,20-23,27H,16-19H2,1-3H3.